The average Bonchev–Trinajstić information content (AvgIpc) is 2.23. The molecule has 94 valence electrons. The number of carbonyl (C=O) groups is 1. The lowest BCUT2D eigenvalue weighted by atomic mass is 9.78. The van der Waals surface area contributed by atoms with E-state index in [9.17, 15) is 4.79 Å². The number of hydrogen-bond donors (Lipinski definition) is 2. The molecule has 5 heteroatoms. The number of nitrogens with one attached hydrogen (secondary N) is 1. The van der Waals surface area contributed by atoms with Gasteiger partial charge in [-0.05, 0) is 37.5 Å². The predicted molar refractivity (Wildman–Crippen MR) is 71.8 cm³/mol. The second-order valence-corrected chi connectivity index (χ2v) is 4.85. The van der Waals surface area contributed by atoms with Gasteiger partial charge in [0.1, 0.15) is 0 Å². The van der Waals surface area contributed by atoms with E-state index < -0.39 is 0 Å². The minimum Gasteiger partial charge on any atom is -0.350 e. The molecule has 0 heterocycles. The molecule has 1 amide bonds. The normalized spacial score (nSPS) is 16.6. The monoisotopic (exact) mass is 274 g/mol. The first kappa shape index (κ1) is 14.3. The largest absolute Gasteiger partial charge is 0.350 e. The zero-order valence-corrected chi connectivity index (χ0v) is 11.0. The molecule has 1 fully saturated rings. The molecule has 1 aliphatic rings. The third kappa shape index (κ3) is 3.60. The third-order valence-electron chi connectivity index (χ3n) is 3.04. The predicted octanol–water partition coefficient (Wildman–Crippen LogP) is 2.37. The van der Waals surface area contributed by atoms with Crippen LogP contribution >= 0.6 is 24.0 Å². The van der Waals surface area contributed by atoms with E-state index in [1.54, 1.807) is 24.3 Å². The van der Waals surface area contributed by atoms with E-state index in [2.05, 4.69) is 5.32 Å². The molecule has 1 aromatic carbocycles. The zero-order chi connectivity index (χ0) is 11.6. The van der Waals surface area contributed by atoms with E-state index in [1.165, 1.54) is 0 Å². The molecule has 17 heavy (non-hydrogen) atoms. The molecule has 1 aliphatic carbocycles. The van der Waals surface area contributed by atoms with E-state index in [1.807, 2.05) is 0 Å². The van der Waals surface area contributed by atoms with Gasteiger partial charge in [0.25, 0.3) is 5.91 Å². The Hall–Kier alpha value is -0.770. The summed E-state index contributed by atoms with van der Waals surface area (Å²) in [6.07, 6.45) is 3.13. The maximum atomic E-state index is 11.8. The van der Waals surface area contributed by atoms with Gasteiger partial charge in [-0.25, -0.2) is 0 Å². The summed E-state index contributed by atoms with van der Waals surface area (Å²) in [5.41, 5.74) is 6.41. The van der Waals surface area contributed by atoms with E-state index in [0.29, 0.717) is 17.1 Å². The van der Waals surface area contributed by atoms with Gasteiger partial charge in [-0.15, -0.1) is 12.4 Å². The van der Waals surface area contributed by atoms with Crippen LogP contribution in [0.5, 0.6) is 0 Å². The Bertz CT molecular complexity index is 405. The van der Waals surface area contributed by atoms with Crippen molar-refractivity contribution in [3.63, 3.8) is 0 Å². The molecule has 0 atom stereocenters. The first-order valence-electron chi connectivity index (χ1n) is 5.42. The molecule has 1 aromatic rings. The number of benzene rings is 1. The van der Waals surface area contributed by atoms with Crippen molar-refractivity contribution in [3.8, 4) is 0 Å². The van der Waals surface area contributed by atoms with E-state index in [-0.39, 0.29) is 23.9 Å². The Morgan fingerprint density at radius 1 is 1.47 bits per heavy atom. The highest BCUT2D eigenvalue weighted by atomic mass is 35.5. The fraction of sp³-hybridized carbons (Fsp3) is 0.417. The van der Waals surface area contributed by atoms with Gasteiger partial charge in [0.2, 0.25) is 0 Å². The van der Waals surface area contributed by atoms with E-state index in [0.717, 1.165) is 19.3 Å². The van der Waals surface area contributed by atoms with E-state index >= 15 is 0 Å². The van der Waals surface area contributed by atoms with Crippen LogP contribution in [0.15, 0.2) is 24.3 Å². The molecule has 0 aliphatic heterocycles. The van der Waals surface area contributed by atoms with Crippen LogP contribution in [0.2, 0.25) is 5.02 Å². The van der Waals surface area contributed by atoms with Gasteiger partial charge in [-0.1, -0.05) is 17.7 Å². The second kappa shape index (κ2) is 5.71. The zero-order valence-electron chi connectivity index (χ0n) is 9.41. The van der Waals surface area contributed by atoms with Crippen molar-refractivity contribution in [2.75, 3.05) is 6.54 Å². The standard InChI is InChI=1S/C12H15ClN2O.ClH/c13-10-4-1-3-9(7-10)11(16)15-8-12(14)5-2-6-12;/h1,3-4,7H,2,5-6,8,14H2,(H,15,16);1H. The summed E-state index contributed by atoms with van der Waals surface area (Å²) in [4.78, 5) is 11.8. The van der Waals surface area contributed by atoms with Crippen molar-refractivity contribution >= 4 is 29.9 Å². The Morgan fingerprint density at radius 3 is 2.71 bits per heavy atom. The van der Waals surface area contributed by atoms with Crippen LogP contribution in [0.4, 0.5) is 0 Å². The Balaban J connectivity index is 0.00000144. The molecule has 2 rings (SSSR count). The van der Waals surface area contributed by atoms with Gasteiger partial charge >= 0.3 is 0 Å². The van der Waals surface area contributed by atoms with Crippen LogP contribution in [0.3, 0.4) is 0 Å². The molecule has 3 N–H and O–H groups in total. The molecular formula is C12H16Cl2N2O. The number of hydrogen-bond acceptors (Lipinski definition) is 2. The molecule has 0 spiro atoms. The maximum absolute atomic E-state index is 11.8. The van der Waals surface area contributed by atoms with Crippen molar-refractivity contribution in [2.45, 2.75) is 24.8 Å². The summed E-state index contributed by atoms with van der Waals surface area (Å²) in [5.74, 6) is -0.112. The number of amides is 1. The topological polar surface area (TPSA) is 55.1 Å². The molecule has 0 bridgehead atoms. The van der Waals surface area contributed by atoms with E-state index in [4.69, 9.17) is 17.3 Å². The third-order valence-corrected chi connectivity index (χ3v) is 3.27. The highest BCUT2D eigenvalue weighted by Crippen LogP contribution is 2.28. The summed E-state index contributed by atoms with van der Waals surface area (Å²) in [6, 6.07) is 6.90. The summed E-state index contributed by atoms with van der Waals surface area (Å²) in [6.45, 7) is 0.540. The summed E-state index contributed by atoms with van der Waals surface area (Å²) in [7, 11) is 0. The van der Waals surface area contributed by atoms with Crippen LogP contribution in [0.1, 0.15) is 29.6 Å². The van der Waals surface area contributed by atoms with Crippen molar-refractivity contribution in [1.82, 2.24) is 5.32 Å². The van der Waals surface area contributed by atoms with Gasteiger partial charge in [0, 0.05) is 22.7 Å². The smallest absolute Gasteiger partial charge is 0.251 e. The van der Waals surface area contributed by atoms with Crippen molar-refractivity contribution < 1.29 is 4.79 Å². The summed E-state index contributed by atoms with van der Waals surface area (Å²) in [5, 5.41) is 3.41. The lowest BCUT2D eigenvalue weighted by molar-refractivity contribution is 0.0930. The highest BCUT2D eigenvalue weighted by molar-refractivity contribution is 6.30. The van der Waals surface area contributed by atoms with Crippen LogP contribution in [-0.2, 0) is 0 Å². The average molecular weight is 275 g/mol. The Morgan fingerprint density at radius 2 is 2.18 bits per heavy atom. The summed E-state index contributed by atoms with van der Waals surface area (Å²) < 4.78 is 0. The Labute approximate surface area is 112 Å². The number of rotatable bonds is 3. The maximum Gasteiger partial charge on any atom is 0.251 e. The molecule has 0 aromatic heterocycles. The van der Waals surface area contributed by atoms with Crippen LogP contribution in [-0.4, -0.2) is 18.0 Å². The lowest BCUT2D eigenvalue weighted by Crippen LogP contribution is -2.54. The molecular weight excluding hydrogens is 259 g/mol. The highest BCUT2D eigenvalue weighted by Gasteiger charge is 2.32. The molecule has 0 radical (unpaired) electrons. The Kier molecular flexibility index (Phi) is 4.80. The van der Waals surface area contributed by atoms with Gasteiger partial charge < -0.3 is 11.1 Å². The minimum atomic E-state index is -0.186. The van der Waals surface area contributed by atoms with Gasteiger partial charge in [-0.3, -0.25) is 4.79 Å². The fourth-order valence-corrected chi connectivity index (χ4v) is 1.99. The number of carbonyl (C=O) groups excluding carboxylic acids is 1. The fourth-order valence-electron chi connectivity index (χ4n) is 1.80. The number of nitrogens with two attached hydrogens (primary N) is 1. The minimum absolute atomic E-state index is 0. The second-order valence-electron chi connectivity index (χ2n) is 4.41. The van der Waals surface area contributed by atoms with Crippen LogP contribution < -0.4 is 11.1 Å². The van der Waals surface area contributed by atoms with Crippen molar-refractivity contribution in [2.24, 2.45) is 5.73 Å². The molecule has 1 saturated carbocycles. The van der Waals surface area contributed by atoms with Crippen LogP contribution in [0.25, 0.3) is 0 Å². The quantitative estimate of drug-likeness (QED) is 0.889. The SMILES string of the molecule is Cl.NC1(CNC(=O)c2cccc(Cl)c2)CCC1. The first-order chi connectivity index (χ1) is 7.59. The molecule has 0 saturated heterocycles. The molecule has 3 nitrogen and oxygen atoms in total. The molecule has 0 unspecified atom stereocenters. The van der Waals surface area contributed by atoms with Gasteiger partial charge in [-0.2, -0.15) is 0 Å². The lowest BCUT2D eigenvalue weighted by Gasteiger charge is -2.38. The summed E-state index contributed by atoms with van der Waals surface area (Å²) >= 11 is 5.81. The van der Waals surface area contributed by atoms with Gasteiger partial charge in [0.15, 0.2) is 0 Å². The first-order valence-corrected chi connectivity index (χ1v) is 5.80. The van der Waals surface area contributed by atoms with Crippen LogP contribution in [0, 0.1) is 0 Å². The van der Waals surface area contributed by atoms with Crippen molar-refractivity contribution in [3.05, 3.63) is 34.9 Å². The van der Waals surface area contributed by atoms with Gasteiger partial charge in [0.05, 0.1) is 0 Å². The number of halogens is 2. The van der Waals surface area contributed by atoms with Crippen molar-refractivity contribution in [1.29, 1.82) is 0 Å².